The van der Waals surface area contributed by atoms with Gasteiger partial charge >= 0.3 is 5.97 Å². The number of hydrogen-bond acceptors (Lipinski definition) is 3. The van der Waals surface area contributed by atoms with Gasteiger partial charge in [-0.2, -0.15) is 5.10 Å². The summed E-state index contributed by atoms with van der Waals surface area (Å²) in [6.45, 7) is -0.172. The van der Waals surface area contributed by atoms with Crippen LogP contribution in [0, 0.1) is 5.82 Å². The number of hydrogen-bond donors (Lipinski definition) is 2. The van der Waals surface area contributed by atoms with Crippen molar-refractivity contribution in [2.75, 3.05) is 6.61 Å². The van der Waals surface area contributed by atoms with Crippen molar-refractivity contribution in [2.24, 2.45) is 0 Å². The first-order valence-electron chi connectivity index (χ1n) is 5.30. The molecule has 5 nitrogen and oxygen atoms in total. The van der Waals surface area contributed by atoms with Crippen molar-refractivity contribution in [3.63, 3.8) is 0 Å². The zero-order valence-electron chi connectivity index (χ0n) is 9.38. The van der Waals surface area contributed by atoms with Gasteiger partial charge in [0.25, 0.3) is 0 Å². The van der Waals surface area contributed by atoms with Gasteiger partial charge in [0.1, 0.15) is 5.82 Å². The topological polar surface area (TPSA) is 75.3 Å². The first kappa shape index (κ1) is 12.3. The van der Waals surface area contributed by atoms with E-state index in [9.17, 15) is 9.18 Å². The first-order chi connectivity index (χ1) is 8.61. The molecule has 18 heavy (non-hydrogen) atoms. The van der Waals surface area contributed by atoms with Gasteiger partial charge < -0.3 is 10.2 Å². The average molecular weight is 250 g/mol. The Morgan fingerprint density at radius 1 is 1.44 bits per heavy atom. The number of carbonyl (C=O) groups is 1. The minimum Gasteiger partial charge on any atom is -0.476 e. The van der Waals surface area contributed by atoms with Crippen molar-refractivity contribution in [1.82, 2.24) is 9.78 Å². The largest absolute Gasteiger partial charge is 0.476 e. The molecule has 0 radical (unpaired) electrons. The van der Waals surface area contributed by atoms with E-state index >= 15 is 0 Å². The highest BCUT2D eigenvalue weighted by Gasteiger charge is 2.16. The van der Waals surface area contributed by atoms with E-state index in [-0.39, 0.29) is 18.7 Å². The molecule has 0 atom stereocenters. The van der Waals surface area contributed by atoms with Gasteiger partial charge in [0.05, 0.1) is 5.69 Å². The maximum Gasteiger partial charge on any atom is 0.356 e. The van der Waals surface area contributed by atoms with Crippen LogP contribution in [0.15, 0.2) is 30.5 Å². The predicted octanol–water partition coefficient (Wildman–Crippen LogP) is 1.24. The van der Waals surface area contributed by atoms with Gasteiger partial charge in [0.15, 0.2) is 5.69 Å². The fourth-order valence-corrected chi connectivity index (χ4v) is 1.64. The van der Waals surface area contributed by atoms with Crippen molar-refractivity contribution >= 4 is 5.97 Å². The smallest absolute Gasteiger partial charge is 0.356 e. The second kappa shape index (κ2) is 4.97. The van der Waals surface area contributed by atoms with Crippen molar-refractivity contribution in [3.05, 3.63) is 47.5 Å². The van der Waals surface area contributed by atoms with E-state index in [1.165, 1.54) is 29.1 Å². The van der Waals surface area contributed by atoms with Gasteiger partial charge in [0, 0.05) is 18.4 Å². The molecule has 1 aromatic carbocycles. The van der Waals surface area contributed by atoms with E-state index in [1.807, 2.05) is 0 Å². The highest BCUT2D eigenvalue weighted by Crippen LogP contribution is 2.14. The quantitative estimate of drug-likeness (QED) is 0.856. The Kier molecular flexibility index (Phi) is 3.38. The van der Waals surface area contributed by atoms with E-state index in [0.717, 1.165) is 0 Å². The summed E-state index contributed by atoms with van der Waals surface area (Å²) in [5.41, 5.74) is 0.712. The predicted molar refractivity (Wildman–Crippen MR) is 61.3 cm³/mol. The molecule has 0 amide bonds. The summed E-state index contributed by atoms with van der Waals surface area (Å²) in [6.07, 6.45) is 1.67. The first-order valence-corrected chi connectivity index (χ1v) is 5.30. The second-order valence-corrected chi connectivity index (χ2v) is 3.71. The van der Waals surface area contributed by atoms with E-state index in [0.29, 0.717) is 11.3 Å². The van der Waals surface area contributed by atoms with Crippen LogP contribution in [0.1, 0.15) is 16.1 Å². The molecule has 94 valence electrons. The number of nitrogens with zero attached hydrogens (tertiary/aromatic N) is 2. The fraction of sp³-hybridized carbons (Fsp3) is 0.167. The summed E-state index contributed by atoms with van der Waals surface area (Å²) in [4.78, 5) is 11.0. The van der Waals surface area contributed by atoms with Crippen molar-refractivity contribution in [2.45, 2.75) is 6.42 Å². The monoisotopic (exact) mass is 250 g/mol. The number of halogens is 1. The average Bonchev–Trinajstić information content (AvgIpc) is 2.74. The van der Waals surface area contributed by atoms with E-state index < -0.39 is 11.8 Å². The number of benzene rings is 1. The molecular formula is C12H11FN2O3. The molecule has 2 N–H and O–H groups in total. The molecular weight excluding hydrogens is 239 g/mol. The molecule has 0 spiro atoms. The zero-order valence-corrected chi connectivity index (χ0v) is 9.38. The van der Waals surface area contributed by atoms with Crippen LogP contribution in [0.25, 0.3) is 5.69 Å². The Hall–Kier alpha value is -2.21. The van der Waals surface area contributed by atoms with Crippen LogP contribution in [-0.4, -0.2) is 32.6 Å². The molecule has 0 aliphatic rings. The lowest BCUT2D eigenvalue weighted by Gasteiger charge is -1.99. The highest BCUT2D eigenvalue weighted by atomic mass is 19.1. The summed E-state index contributed by atoms with van der Waals surface area (Å²) in [5, 5.41) is 21.7. The van der Waals surface area contributed by atoms with Gasteiger partial charge in [-0.15, -0.1) is 0 Å². The SMILES string of the molecule is O=C(O)c1nn(-c2cccc(F)c2)cc1CCO. The van der Waals surface area contributed by atoms with Crippen LogP contribution in [-0.2, 0) is 6.42 Å². The van der Waals surface area contributed by atoms with Gasteiger partial charge in [-0.3, -0.25) is 0 Å². The molecule has 0 saturated carbocycles. The van der Waals surface area contributed by atoms with Crippen LogP contribution in [0.4, 0.5) is 4.39 Å². The third-order valence-corrected chi connectivity index (χ3v) is 2.45. The van der Waals surface area contributed by atoms with Crippen LogP contribution in [0.3, 0.4) is 0 Å². The third-order valence-electron chi connectivity index (χ3n) is 2.45. The molecule has 0 fully saturated rings. The van der Waals surface area contributed by atoms with Crippen LogP contribution in [0.2, 0.25) is 0 Å². The molecule has 1 aromatic heterocycles. The van der Waals surface area contributed by atoms with Crippen molar-refractivity contribution in [1.29, 1.82) is 0 Å². The Bertz CT molecular complexity index is 580. The Balaban J connectivity index is 2.46. The van der Waals surface area contributed by atoms with E-state index in [1.54, 1.807) is 6.07 Å². The molecule has 6 heteroatoms. The molecule has 0 unspecified atom stereocenters. The standard InChI is InChI=1S/C12H11FN2O3/c13-9-2-1-3-10(6-9)15-7-8(4-5-16)11(14-15)12(17)18/h1-3,6-7,16H,4-5H2,(H,17,18). The van der Waals surface area contributed by atoms with Crippen LogP contribution >= 0.6 is 0 Å². The van der Waals surface area contributed by atoms with Crippen LogP contribution in [0.5, 0.6) is 0 Å². The lowest BCUT2D eigenvalue weighted by Crippen LogP contribution is -2.03. The molecule has 2 rings (SSSR count). The zero-order chi connectivity index (χ0) is 13.1. The van der Waals surface area contributed by atoms with Gasteiger partial charge in [-0.25, -0.2) is 13.9 Å². The number of aromatic carboxylic acids is 1. The minimum atomic E-state index is -1.17. The summed E-state index contributed by atoms with van der Waals surface area (Å²) < 4.78 is 14.4. The number of aromatic nitrogens is 2. The normalized spacial score (nSPS) is 10.6. The third kappa shape index (κ3) is 2.38. The number of aliphatic hydroxyl groups is 1. The number of rotatable bonds is 4. The number of carboxylic acids is 1. The van der Waals surface area contributed by atoms with Crippen molar-refractivity contribution < 1.29 is 19.4 Å². The fourth-order valence-electron chi connectivity index (χ4n) is 1.64. The minimum absolute atomic E-state index is 0.131. The van der Waals surface area contributed by atoms with E-state index in [2.05, 4.69) is 5.10 Å². The van der Waals surface area contributed by atoms with Gasteiger partial charge in [0.2, 0.25) is 0 Å². The summed E-state index contributed by atoms with van der Waals surface area (Å²) in [7, 11) is 0. The van der Waals surface area contributed by atoms with Crippen molar-refractivity contribution in [3.8, 4) is 5.69 Å². The summed E-state index contributed by atoms with van der Waals surface area (Å²) in [6, 6.07) is 5.67. The molecule has 2 aromatic rings. The maximum absolute atomic E-state index is 13.1. The second-order valence-electron chi connectivity index (χ2n) is 3.71. The number of carboxylic acid groups (broad SMARTS) is 1. The summed E-state index contributed by atoms with van der Waals surface area (Å²) >= 11 is 0. The molecule has 0 saturated heterocycles. The van der Waals surface area contributed by atoms with Crippen LogP contribution < -0.4 is 0 Å². The highest BCUT2D eigenvalue weighted by molar-refractivity contribution is 5.87. The lowest BCUT2D eigenvalue weighted by molar-refractivity contribution is 0.0688. The maximum atomic E-state index is 13.1. The molecule has 0 aliphatic heterocycles. The molecule has 0 bridgehead atoms. The number of aliphatic hydroxyl groups excluding tert-OH is 1. The summed E-state index contributed by atoms with van der Waals surface area (Å²) in [5.74, 6) is -1.60. The lowest BCUT2D eigenvalue weighted by atomic mass is 10.2. The Labute approximate surface area is 102 Å². The molecule has 1 heterocycles. The Morgan fingerprint density at radius 2 is 2.22 bits per heavy atom. The Morgan fingerprint density at radius 3 is 2.83 bits per heavy atom. The van der Waals surface area contributed by atoms with E-state index in [4.69, 9.17) is 10.2 Å². The molecule has 0 aliphatic carbocycles. The van der Waals surface area contributed by atoms with Gasteiger partial charge in [-0.05, 0) is 24.6 Å². The van der Waals surface area contributed by atoms with Gasteiger partial charge in [-0.1, -0.05) is 6.07 Å².